The minimum absolute atomic E-state index is 0.438. The van der Waals surface area contributed by atoms with Crippen molar-refractivity contribution >= 4 is 21.9 Å². The third kappa shape index (κ3) is 6.08. The SMILES string of the molecule is CN=C(NCc1ccc(C#N)cc1)NC1CCN(Cc2ccc(Br)cc2)CC1. The smallest absolute Gasteiger partial charge is 0.191 e. The van der Waals surface area contributed by atoms with Gasteiger partial charge >= 0.3 is 0 Å². The number of aliphatic imine (C=N–C) groups is 1. The molecule has 0 unspecified atom stereocenters. The van der Waals surface area contributed by atoms with Gasteiger partial charge in [0, 0.05) is 43.7 Å². The zero-order valence-electron chi connectivity index (χ0n) is 16.2. The number of hydrogen-bond donors (Lipinski definition) is 2. The van der Waals surface area contributed by atoms with Crippen molar-refractivity contribution in [2.75, 3.05) is 20.1 Å². The highest BCUT2D eigenvalue weighted by Gasteiger charge is 2.20. The van der Waals surface area contributed by atoms with Crippen LogP contribution in [-0.2, 0) is 13.1 Å². The van der Waals surface area contributed by atoms with Crippen LogP contribution in [0.4, 0.5) is 0 Å². The van der Waals surface area contributed by atoms with E-state index in [0.29, 0.717) is 18.2 Å². The van der Waals surface area contributed by atoms with E-state index in [1.165, 1.54) is 5.56 Å². The van der Waals surface area contributed by atoms with Crippen molar-refractivity contribution in [3.63, 3.8) is 0 Å². The molecule has 146 valence electrons. The molecule has 6 heteroatoms. The van der Waals surface area contributed by atoms with Gasteiger partial charge in [-0.1, -0.05) is 40.2 Å². The summed E-state index contributed by atoms with van der Waals surface area (Å²) in [5, 5.41) is 15.8. The van der Waals surface area contributed by atoms with Crippen LogP contribution in [0, 0.1) is 11.3 Å². The molecule has 0 spiro atoms. The highest BCUT2D eigenvalue weighted by atomic mass is 79.9. The van der Waals surface area contributed by atoms with E-state index in [-0.39, 0.29) is 0 Å². The summed E-state index contributed by atoms with van der Waals surface area (Å²) in [5.41, 5.74) is 3.17. The largest absolute Gasteiger partial charge is 0.354 e. The lowest BCUT2D eigenvalue weighted by molar-refractivity contribution is 0.198. The van der Waals surface area contributed by atoms with Gasteiger partial charge in [-0.15, -0.1) is 0 Å². The Kier molecular flexibility index (Phi) is 7.46. The second kappa shape index (κ2) is 10.3. The van der Waals surface area contributed by atoms with Gasteiger partial charge in [-0.05, 0) is 48.2 Å². The van der Waals surface area contributed by atoms with Crippen LogP contribution in [-0.4, -0.2) is 37.0 Å². The molecule has 2 aromatic rings. The van der Waals surface area contributed by atoms with Gasteiger partial charge in [0.1, 0.15) is 0 Å². The van der Waals surface area contributed by atoms with Gasteiger partial charge in [0.05, 0.1) is 11.6 Å². The number of nitrogens with one attached hydrogen (secondary N) is 2. The Morgan fingerprint density at radius 3 is 2.36 bits per heavy atom. The third-order valence-corrected chi connectivity index (χ3v) is 5.54. The Bertz CT molecular complexity index is 816. The van der Waals surface area contributed by atoms with Crippen molar-refractivity contribution in [3.05, 3.63) is 69.7 Å². The first-order valence-electron chi connectivity index (χ1n) is 9.59. The Balaban J connectivity index is 1.42. The van der Waals surface area contributed by atoms with Crippen LogP contribution in [0.5, 0.6) is 0 Å². The van der Waals surface area contributed by atoms with E-state index in [0.717, 1.165) is 48.5 Å². The fourth-order valence-corrected chi connectivity index (χ4v) is 3.62. The van der Waals surface area contributed by atoms with Crippen LogP contribution in [0.2, 0.25) is 0 Å². The van der Waals surface area contributed by atoms with Crippen molar-refractivity contribution in [1.29, 1.82) is 5.26 Å². The minimum Gasteiger partial charge on any atom is -0.354 e. The number of halogens is 1. The summed E-state index contributed by atoms with van der Waals surface area (Å²) >= 11 is 3.49. The number of nitriles is 1. The van der Waals surface area contributed by atoms with Crippen molar-refractivity contribution in [1.82, 2.24) is 15.5 Å². The summed E-state index contributed by atoms with van der Waals surface area (Å²) in [7, 11) is 1.80. The maximum absolute atomic E-state index is 8.88. The summed E-state index contributed by atoms with van der Waals surface area (Å²) in [6, 6.07) is 18.8. The van der Waals surface area contributed by atoms with E-state index in [2.05, 4.69) is 66.8 Å². The summed E-state index contributed by atoms with van der Waals surface area (Å²) in [6.07, 6.45) is 2.21. The molecular weight excluding hydrogens is 414 g/mol. The fraction of sp³-hybridized carbons (Fsp3) is 0.364. The Morgan fingerprint density at radius 1 is 1.11 bits per heavy atom. The fourth-order valence-electron chi connectivity index (χ4n) is 3.35. The van der Waals surface area contributed by atoms with Gasteiger partial charge in [0.2, 0.25) is 0 Å². The van der Waals surface area contributed by atoms with Crippen LogP contribution < -0.4 is 10.6 Å². The molecule has 0 radical (unpaired) electrons. The zero-order valence-corrected chi connectivity index (χ0v) is 17.7. The minimum atomic E-state index is 0.438. The molecule has 1 aliphatic heterocycles. The number of benzene rings is 2. The third-order valence-electron chi connectivity index (χ3n) is 5.01. The van der Waals surface area contributed by atoms with Gasteiger partial charge in [-0.25, -0.2) is 0 Å². The van der Waals surface area contributed by atoms with Crippen LogP contribution in [0.1, 0.15) is 29.5 Å². The molecule has 5 nitrogen and oxygen atoms in total. The van der Waals surface area contributed by atoms with Crippen molar-refractivity contribution < 1.29 is 0 Å². The van der Waals surface area contributed by atoms with Crippen molar-refractivity contribution in [2.24, 2.45) is 4.99 Å². The summed E-state index contributed by atoms with van der Waals surface area (Å²) in [5.74, 6) is 0.829. The molecule has 3 rings (SSSR count). The maximum atomic E-state index is 8.88. The molecule has 1 aliphatic rings. The molecule has 2 N–H and O–H groups in total. The molecule has 1 fully saturated rings. The molecule has 0 saturated carbocycles. The predicted molar refractivity (Wildman–Crippen MR) is 117 cm³/mol. The van der Waals surface area contributed by atoms with Gasteiger partial charge in [-0.3, -0.25) is 9.89 Å². The molecule has 0 aliphatic carbocycles. The highest BCUT2D eigenvalue weighted by molar-refractivity contribution is 9.10. The molecular formula is C22H26BrN5. The van der Waals surface area contributed by atoms with Gasteiger partial charge < -0.3 is 10.6 Å². The topological polar surface area (TPSA) is 63.5 Å². The quantitative estimate of drug-likeness (QED) is 0.551. The maximum Gasteiger partial charge on any atom is 0.191 e. The van der Waals surface area contributed by atoms with Gasteiger partial charge in [0.25, 0.3) is 0 Å². The number of nitrogens with zero attached hydrogens (tertiary/aromatic N) is 3. The van der Waals surface area contributed by atoms with Crippen molar-refractivity contribution in [2.45, 2.75) is 32.0 Å². The predicted octanol–water partition coefficient (Wildman–Crippen LogP) is 3.65. The van der Waals surface area contributed by atoms with Crippen LogP contribution in [0.15, 0.2) is 58.0 Å². The highest BCUT2D eigenvalue weighted by Crippen LogP contribution is 2.16. The molecule has 0 amide bonds. The number of piperidine rings is 1. The lowest BCUT2D eigenvalue weighted by Crippen LogP contribution is -2.48. The van der Waals surface area contributed by atoms with E-state index >= 15 is 0 Å². The molecule has 0 aromatic heterocycles. The standard InChI is InChI=1S/C22H26BrN5/c1-25-22(26-15-18-4-2-17(14-24)3-5-18)27-21-10-12-28(13-11-21)16-19-6-8-20(23)9-7-19/h2-9,21H,10-13,15-16H2,1H3,(H2,25,26,27). The molecule has 0 atom stereocenters. The number of hydrogen-bond acceptors (Lipinski definition) is 3. The monoisotopic (exact) mass is 439 g/mol. The first-order valence-corrected chi connectivity index (χ1v) is 10.4. The molecule has 0 bridgehead atoms. The first kappa shape index (κ1) is 20.4. The lowest BCUT2D eigenvalue weighted by Gasteiger charge is -2.33. The summed E-state index contributed by atoms with van der Waals surface area (Å²) < 4.78 is 1.12. The number of rotatable bonds is 5. The van der Waals surface area contributed by atoms with Crippen LogP contribution >= 0.6 is 15.9 Å². The van der Waals surface area contributed by atoms with E-state index in [1.807, 2.05) is 24.3 Å². The second-order valence-electron chi connectivity index (χ2n) is 7.06. The van der Waals surface area contributed by atoms with Crippen molar-refractivity contribution in [3.8, 4) is 6.07 Å². The second-order valence-corrected chi connectivity index (χ2v) is 7.97. The van der Waals surface area contributed by atoms with Gasteiger partial charge in [0.15, 0.2) is 5.96 Å². The summed E-state index contributed by atoms with van der Waals surface area (Å²) in [4.78, 5) is 6.86. The Morgan fingerprint density at radius 2 is 1.75 bits per heavy atom. The Labute approximate surface area is 175 Å². The van der Waals surface area contributed by atoms with E-state index in [9.17, 15) is 0 Å². The molecule has 28 heavy (non-hydrogen) atoms. The van der Waals surface area contributed by atoms with E-state index in [1.54, 1.807) is 7.05 Å². The Hall–Kier alpha value is -2.36. The number of likely N-dealkylation sites (tertiary alicyclic amines) is 1. The molecule has 1 saturated heterocycles. The molecule has 1 heterocycles. The molecule has 2 aromatic carbocycles. The number of guanidine groups is 1. The zero-order chi connectivity index (χ0) is 19.8. The van der Waals surface area contributed by atoms with Crippen LogP contribution in [0.25, 0.3) is 0 Å². The average molecular weight is 440 g/mol. The lowest BCUT2D eigenvalue weighted by atomic mass is 10.0. The average Bonchev–Trinajstić information content (AvgIpc) is 2.74. The normalized spacial score (nSPS) is 15.8. The van der Waals surface area contributed by atoms with E-state index in [4.69, 9.17) is 5.26 Å². The van der Waals surface area contributed by atoms with Gasteiger partial charge in [-0.2, -0.15) is 5.26 Å². The van der Waals surface area contributed by atoms with E-state index < -0.39 is 0 Å². The summed E-state index contributed by atoms with van der Waals surface area (Å²) in [6.45, 7) is 3.86. The first-order chi connectivity index (χ1) is 13.7. The van der Waals surface area contributed by atoms with Crippen LogP contribution in [0.3, 0.4) is 0 Å².